The maximum absolute atomic E-state index is 12.5. The molecule has 0 unspecified atom stereocenters. The number of piperazine rings is 1. The molecule has 1 aliphatic heterocycles. The molecule has 1 aliphatic rings. The Bertz CT molecular complexity index is 670. The number of hydrogen-bond donors (Lipinski definition) is 1. The van der Waals surface area contributed by atoms with E-state index in [0.29, 0.717) is 30.6 Å². The van der Waals surface area contributed by atoms with E-state index in [0.717, 1.165) is 17.8 Å². The number of ether oxygens (including phenoxy) is 1. The van der Waals surface area contributed by atoms with Crippen LogP contribution in [0.3, 0.4) is 0 Å². The predicted molar refractivity (Wildman–Crippen MR) is 98.8 cm³/mol. The van der Waals surface area contributed by atoms with E-state index in [9.17, 15) is 13.2 Å². The number of amides is 2. The molecule has 142 valence electrons. The summed E-state index contributed by atoms with van der Waals surface area (Å²) in [6.07, 6.45) is 0.932. The van der Waals surface area contributed by atoms with Crippen molar-refractivity contribution in [1.82, 2.24) is 14.5 Å². The van der Waals surface area contributed by atoms with Crippen molar-refractivity contribution >= 4 is 39.0 Å². The van der Waals surface area contributed by atoms with Crippen molar-refractivity contribution < 1.29 is 17.9 Å². The van der Waals surface area contributed by atoms with Gasteiger partial charge in [0.1, 0.15) is 4.21 Å². The third-order valence-corrected chi connectivity index (χ3v) is 7.31. The molecular formula is C15H24ClN3O4S2. The Hall–Kier alpha value is -0.870. The van der Waals surface area contributed by atoms with Gasteiger partial charge in [0.25, 0.3) is 10.0 Å². The second-order valence-electron chi connectivity index (χ2n) is 5.95. The Kier molecular flexibility index (Phi) is 7.51. The van der Waals surface area contributed by atoms with Gasteiger partial charge in [0, 0.05) is 39.3 Å². The molecule has 1 aromatic heterocycles. The molecule has 0 atom stereocenters. The Morgan fingerprint density at radius 3 is 2.56 bits per heavy atom. The second kappa shape index (κ2) is 9.18. The molecule has 0 aliphatic carbocycles. The molecule has 2 amide bonds. The first-order chi connectivity index (χ1) is 11.8. The molecule has 1 N–H and O–H groups in total. The van der Waals surface area contributed by atoms with Gasteiger partial charge in [-0.2, -0.15) is 4.31 Å². The summed E-state index contributed by atoms with van der Waals surface area (Å²) in [6, 6.07) is 2.92. The third kappa shape index (κ3) is 5.82. The SMILES string of the molecule is CC(C)OCCCNC(=O)N1CCN(S(=O)(=O)c2ccc(Cl)s2)CC1. The Labute approximate surface area is 157 Å². The maximum Gasteiger partial charge on any atom is 0.317 e. The molecule has 0 radical (unpaired) electrons. The van der Waals surface area contributed by atoms with Crippen molar-refractivity contribution in [3.63, 3.8) is 0 Å². The maximum atomic E-state index is 12.5. The van der Waals surface area contributed by atoms with Crippen molar-refractivity contribution in [3.8, 4) is 0 Å². The molecule has 2 heterocycles. The van der Waals surface area contributed by atoms with Crippen LogP contribution >= 0.6 is 22.9 Å². The highest BCUT2D eigenvalue weighted by atomic mass is 35.5. The topological polar surface area (TPSA) is 79.0 Å². The molecule has 1 aromatic rings. The molecule has 0 spiro atoms. The highest BCUT2D eigenvalue weighted by Crippen LogP contribution is 2.28. The lowest BCUT2D eigenvalue weighted by atomic mass is 10.4. The Morgan fingerprint density at radius 2 is 2.00 bits per heavy atom. The number of nitrogens with zero attached hydrogens (tertiary/aromatic N) is 2. The average Bonchev–Trinajstić information content (AvgIpc) is 3.01. The van der Waals surface area contributed by atoms with Crippen LogP contribution in [0.15, 0.2) is 16.3 Å². The predicted octanol–water partition coefficient (Wildman–Crippen LogP) is 2.23. The summed E-state index contributed by atoms with van der Waals surface area (Å²) < 4.78 is 32.5. The number of hydrogen-bond acceptors (Lipinski definition) is 5. The summed E-state index contributed by atoms with van der Waals surface area (Å²) in [7, 11) is -3.53. The van der Waals surface area contributed by atoms with Crippen LogP contribution in [0.4, 0.5) is 4.79 Å². The summed E-state index contributed by atoms with van der Waals surface area (Å²) in [4.78, 5) is 13.8. The van der Waals surface area contributed by atoms with E-state index in [1.54, 1.807) is 11.0 Å². The largest absolute Gasteiger partial charge is 0.379 e. The van der Waals surface area contributed by atoms with E-state index in [4.69, 9.17) is 16.3 Å². The zero-order valence-corrected chi connectivity index (χ0v) is 16.8. The molecule has 10 heteroatoms. The Morgan fingerprint density at radius 1 is 1.32 bits per heavy atom. The number of nitrogens with one attached hydrogen (secondary N) is 1. The smallest absolute Gasteiger partial charge is 0.317 e. The van der Waals surface area contributed by atoms with Crippen LogP contribution in [-0.4, -0.2) is 69.1 Å². The molecule has 0 bridgehead atoms. The van der Waals surface area contributed by atoms with Gasteiger partial charge in [-0.3, -0.25) is 0 Å². The van der Waals surface area contributed by atoms with Crippen molar-refractivity contribution in [2.75, 3.05) is 39.3 Å². The van der Waals surface area contributed by atoms with Gasteiger partial charge in [0.05, 0.1) is 10.4 Å². The molecule has 2 rings (SSSR count). The van der Waals surface area contributed by atoms with E-state index in [1.807, 2.05) is 13.8 Å². The fraction of sp³-hybridized carbons (Fsp3) is 0.667. The quantitative estimate of drug-likeness (QED) is 0.700. The van der Waals surface area contributed by atoms with E-state index >= 15 is 0 Å². The lowest BCUT2D eigenvalue weighted by Gasteiger charge is -2.33. The molecule has 25 heavy (non-hydrogen) atoms. The first-order valence-electron chi connectivity index (χ1n) is 8.20. The lowest BCUT2D eigenvalue weighted by Crippen LogP contribution is -2.53. The van der Waals surface area contributed by atoms with Crippen LogP contribution in [0.2, 0.25) is 4.34 Å². The zero-order valence-electron chi connectivity index (χ0n) is 14.4. The lowest BCUT2D eigenvalue weighted by molar-refractivity contribution is 0.0770. The van der Waals surface area contributed by atoms with Crippen LogP contribution in [0.5, 0.6) is 0 Å². The summed E-state index contributed by atoms with van der Waals surface area (Å²) in [5.41, 5.74) is 0. The number of carbonyl (C=O) groups is 1. The molecule has 7 nitrogen and oxygen atoms in total. The van der Waals surface area contributed by atoms with Crippen molar-refractivity contribution in [2.24, 2.45) is 0 Å². The minimum absolute atomic E-state index is 0.166. The summed E-state index contributed by atoms with van der Waals surface area (Å²) in [5, 5.41) is 2.84. The number of sulfonamides is 1. The summed E-state index contributed by atoms with van der Waals surface area (Å²) >= 11 is 6.87. The highest BCUT2D eigenvalue weighted by molar-refractivity contribution is 7.91. The fourth-order valence-corrected chi connectivity index (χ4v) is 5.45. The molecule has 0 saturated carbocycles. The standard InChI is InChI=1S/C15H24ClN3O4S2/c1-12(2)23-11-3-6-17-15(20)18-7-9-19(10-8-18)25(21,22)14-5-4-13(16)24-14/h4-5,12H,3,6-11H2,1-2H3,(H,17,20). The monoisotopic (exact) mass is 409 g/mol. The fourth-order valence-electron chi connectivity index (χ4n) is 2.39. The van der Waals surface area contributed by atoms with Crippen molar-refractivity contribution in [1.29, 1.82) is 0 Å². The van der Waals surface area contributed by atoms with Crippen LogP contribution in [0.25, 0.3) is 0 Å². The van der Waals surface area contributed by atoms with Gasteiger partial charge in [0.15, 0.2) is 0 Å². The summed E-state index contributed by atoms with van der Waals surface area (Å²) in [6.45, 7) is 6.38. The van der Waals surface area contributed by atoms with Gasteiger partial charge in [-0.25, -0.2) is 13.2 Å². The van der Waals surface area contributed by atoms with Gasteiger partial charge in [0.2, 0.25) is 0 Å². The molecule has 0 aromatic carbocycles. The van der Waals surface area contributed by atoms with E-state index in [2.05, 4.69) is 5.32 Å². The highest BCUT2D eigenvalue weighted by Gasteiger charge is 2.31. The van der Waals surface area contributed by atoms with E-state index in [-0.39, 0.29) is 29.4 Å². The zero-order chi connectivity index (χ0) is 18.4. The van der Waals surface area contributed by atoms with Crippen LogP contribution in [0.1, 0.15) is 20.3 Å². The van der Waals surface area contributed by atoms with Crippen LogP contribution < -0.4 is 5.32 Å². The average molecular weight is 410 g/mol. The molecule has 1 saturated heterocycles. The number of halogens is 1. The van der Waals surface area contributed by atoms with Gasteiger partial charge in [-0.05, 0) is 32.4 Å². The number of carbonyl (C=O) groups excluding carboxylic acids is 1. The van der Waals surface area contributed by atoms with Gasteiger partial charge in [-0.1, -0.05) is 11.6 Å². The first-order valence-corrected chi connectivity index (χ1v) is 10.8. The second-order valence-corrected chi connectivity index (χ2v) is 9.83. The number of rotatable bonds is 7. The third-order valence-electron chi connectivity index (χ3n) is 3.72. The summed E-state index contributed by atoms with van der Waals surface area (Å²) in [5.74, 6) is 0. The Balaban J connectivity index is 1.76. The van der Waals surface area contributed by atoms with Crippen molar-refractivity contribution in [2.45, 2.75) is 30.6 Å². The van der Waals surface area contributed by atoms with Gasteiger partial charge >= 0.3 is 6.03 Å². The van der Waals surface area contributed by atoms with Crippen LogP contribution in [-0.2, 0) is 14.8 Å². The van der Waals surface area contributed by atoms with Crippen molar-refractivity contribution in [3.05, 3.63) is 16.5 Å². The van der Waals surface area contributed by atoms with E-state index < -0.39 is 10.0 Å². The molecule has 1 fully saturated rings. The minimum atomic E-state index is -3.53. The number of urea groups is 1. The normalized spacial score (nSPS) is 16.4. The number of thiophene rings is 1. The minimum Gasteiger partial charge on any atom is -0.379 e. The van der Waals surface area contributed by atoms with Gasteiger partial charge < -0.3 is 15.0 Å². The molecular weight excluding hydrogens is 386 g/mol. The van der Waals surface area contributed by atoms with Gasteiger partial charge in [-0.15, -0.1) is 11.3 Å². The van der Waals surface area contributed by atoms with Crippen LogP contribution in [0, 0.1) is 0 Å². The first kappa shape index (κ1) is 20.4. The van der Waals surface area contributed by atoms with E-state index in [1.165, 1.54) is 10.4 Å².